The summed E-state index contributed by atoms with van der Waals surface area (Å²) in [6.45, 7) is -1.52. The summed E-state index contributed by atoms with van der Waals surface area (Å²) in [7, 11) is 1.39. The number of nitro benzene ring substituents is 1. The Balaban J connectivity index is 1.62. The van der Waals surface area contributed by atoms with Crippen LogP contribution >= 0.6 is 11.6 Å². The topological polar surface area (TPSA) is 145 Å². The number of hydrogen-bond donors (Lipinski definition) is 1. The lowest BCUT2D eigenvalue weighted by Crippen LogP contribution is -2.36. The van der Waals surface area contributed by atoms with Crippen molar-refractivity contribution in [1.82, 2.24) is 4.90 Å². The molecule has 0 atom stereocenters. The summed E-state index contributed by atoms with van der Waals surface area (Å²) in [6, 6.07) is 8.12. The zero-order valence-corrected chi connectivity index (χ0v) is 16.7. The minimum Gasteiger partial charge on any atom is -0.495 e. The van der Waals surface area contributed by atoms with Crippen LogP contribution in [0.25, 0.3) is 0 Å². The molecule has 0 saturated heterocycles. The van der Waals surface area contributed by atoms with Crippen LogP contribution in [0.2, 0.25) is 5.02 Å². The van der Waals surface area contributed by atoms with Gasteiger partial charge < -0.3 is 14.8 Å². The fourth-order valence-corrected chi connectivity index (χ4v) is 3.07. The maximum atomic E-state index is 12.4. The van der Waals surface area contributed by atoms with E-state index in [0.29, 0.717) is 15.7 Å². The van der Waals surface area contributed by atoms with E-state index in [1.54, 1.807) is 6.07 Å². The molecular formula is C19H14ClN3O8. The summed E-state index contributed by atoms with van der Waals surface area (Å²) >= 11 is 5.87. The first-order valence-electron chi connectivity index (χ1n) is 8.65. The predicted molar refractivity (Wildman–Crippen MR) is 106 cm³/mol. The fourth-order valence-electron chi connectivity index (χ4n) is 2.90. The highest BCUT2D eigenvalue weighted by atomic mass is 35.5. The Morgan fingerprint density at radius 1 is 1.19 bits per heavy atom. The van der Waals surface area contributed by atoms with Gasteiger partial charge in [0.15, 0.2) is 6.61 Å². The number of nitrogens with one attached hydrogen (secondary N) is 1. The average Bonchev–Trinajstić information content (AvgIpc) is 2.97. The SMILES string of the molecule is COc1ccc(Cl)cc1NC(=O)COC(=O)CN1C(=O)c2cccc([N+](=O)[O-])c2C1=O. The van der Waals surface area contributed by atoms with Gasteiger partial charge in [0.25, 0.3) is 23.4 Å². The van der Waals surface area contributed by atoms with Crippen LogP contribution in [0.5, 0.6) is 5.75 Å². The van der Waals surface area contributed by atoms with Crippen molar-refractivity contribution in [3.63, 3.8) is 0 Å². The maximum absolute atomic E-state index is 12.4. The van der Waals surface area contributed by atoms with Crippen molar-refractivity contribution in [1.29, 1.82) is 0 Å². The second-order valence-corrected chi connectivity index (χ2v) is 6.64. The Hall–Kier alpha value is -3.99. The van der Waals surface area contributed by atoms with Crippen molar-refractivity contribution in [3.8, 4) is 5.75 Å². The van der Waals surface area contributed by atoms with Crippen molar-refractivity contribution >= 4 is 46.7 Å². The first kappa shape index (κ1) is 21.7. The van der Waals surface area contributed by atoms with E-state index in [1.165, 1.54) is 31.4 Å². The van der Waals surface area contributed by atoms with Gasteiger partial charge in [-0.05, 0) is 24.3 Å². The number of carbonyl (C=O) groups excluding carboxylic acids is 4. The molecule has 11 nitrogen and oxygen atoms in total. The summed E-state index contributed by atoms with van der Waals surface area (Å²) in [6.07, 6.45) is 0. The number of nitro groups is 1. The molecule has 2 aromatic rings. The van der Waals surface area contributed by atoms with E-state index in [0.717, 1.165) is 6.07 Å². The number of benzene rings is 2. The largest absolute Gasteiger partial charge is 0.495 e. The number of imide groups is 1. The molecule has 31 heavy (non-hydrogen) atoms. The third-order valence-electron chi connectivity index (χ3n) is 4.26. The highest BCUT2D eigenvalue weighted by Crippen LogP contribution is 2.30. The lowest BCUT2D eigenvalue weighted by molar-refractivity contribution is -0.385. The summed E-state index contributed by atoms with van der Waals surface area (Å²) in [5.41, 5.74) is -0.862. The van der Waals surface area contributed by atoms with Gasteiger partial charge in [-0.15, -0.1) is 0 Å². The number of carbonyl (C=O) groups is 4. The molecule has 0 bridgehead atoms. The van der Waals surface area contributed by atoms with Crippen molar-refractivity contribution in [3.05, 3.63) is 62.7 Å². The third-order valence-corrected chi connectivity index (χ3v) is 4.50. The molecule has 0 radical (unpaired) electrons. The van der Waals surface area contributed by atoms with E-state index in [4.69, 9.17) is 21.1 Å². The van der Waals surface area contributed by atoms with Gasteiger partial charge in [-0.3, -0.25) is 34.2 Å². The molecule has 3 rings (SSSR count). The number of halogens is 1. The second kappa shape index (κ2) is 8.79. The highest BCUT2D eigenvalue weighted by Gasteiger charge is 2.41. The quantitative estimate of drug-likeness (QED) is 0.293. The van der Waals surface area contributed by atoms with Crippen LogP contribution < -0.4 is 10.1 Å². The van der Waals surface area contributed by atoms with Crippen molar-refractivity contribution in [2.24, 2.45) is 0 Å². The van der Waals surface area contributed by atoms with Gasteiger partial charge in [-0.1, -0.05) is 17.7 Å². The molecule has 1 aliphatic rings. The molecule has 12 heteroatoms. The Bertz CT molecular complexity index is 1120. The smallest absolute Gasteiger partial charge is 0.326 e. The normalized spacial score (nSPS) is 12.4. The number of fused-ring (bicyclic) bond motifs is 1. The number of nitrogens with zero attached hydrogens (tertiary/aromatic N) is 2. The summed E-state index contributed by atoms with van der Waals surface area (Å²) in [5.74, 6) is -3.29. The number of rotatable bonds is 7. The van der Waals surface area contributed by atoms with Crippen LogP contribution in [0.4, 0.5) is 11.4 Å². The third kappa shape index (κ3) is 4.46. The minimum atomic E-state index is -1.05. The van der Waals surface area contributed by atoms with Crippen molar-refractivity contribution < 1.29 is 33.6 Å². The molecule has 0 fully saturated rings. The number of amides is 3. The molecule has 0 spiro atoms. The van der Waals surface area contributed by atoms with Crippen LogP contribution in [0.15, 0.2) is 36.4 Å². The fraction of sp³-hybridized carbons (Fsp3) is 0.158. The van der Waals surface area contributed by atoms with Gasteiger partial charge in [0.2, 0.25) is 0 Å². The Morgan fingerprint density at radius 2 is 1.94 bits per heavy atom. The van der Waals surface area contributed by atoms with Gasteiger partial charge in [-0.25, -0.2) is 0 Å². The number of methoxy groups -OCH3 is 1. The first-order chi connectivity index (χ1) is 14.7. The van der Waals surface area contributed by atoms with Crippen LogP contribution in [-0.2, 0) is 14.3 Å². The zero-order valence-electron chi connectivity index (χ0n) is 15.9. The van der Waals surface area contributed by atoms with Crippen molar-refractivity contribution in [2.45, 2.75) is 0 Å². The lowest BCUT2D eigenvalue weighted by Gasteiger charge is -2.13. The molecule has 1 aliphatic heterocycles. The predicted octanol–water partition coefficient (Wildman–Crippen LogP) is 2.03. The Morgan fingerprint density at radius 3 is 2.61 bits per heavy atom. The molecule has 0 aromatic heterocycles. The number of esters is 1. The number of ether oxygens (including phenoxy) is 2. The Kier molecular flexibility index (Phi) is 6.16. The van der Waals surface area contributed by atoms with Crippen LogP contribution in [0.1, 0.15) is 20.7 Å². The molecular weight excluding hydrogens is 434 g/mol. The summed E-state index contributed by atoms with van der Waals surface area (Å²) in [4.78, 5) is 59.8. The van der Waals surface area contributed by atoms with Gasteiger partial charge in [0, 0.05) is 11.1 Å². The minimum absolute atomic E-state index is 0.183. The average molecular weight is 448 g/mol. The molecule has 160 valence electrons. The van der Waals surface area contributed by atoms with Crippen LogP contribution in [-0.4, -0.2) is 53.8 Å². The second-order valence-electron chi connectivity index (χ2n) is 6.21. The van der Waals surface area contributed by atoms with E-state index in [9.17, 15) is 29.3 Å². The molecule has 0 aliphatic carbocycles. The van der Waals surface area contributed by atoms with Crippen molar-refractivity contribution in [2.75, 3.05) is 25.6 Å². The zero-order chi connectivity index (χ0) is 22.7. The standard InChI is InChI=1S/C19H14ClN3O8/c1-30-14-6-5-10(20)7-12(14)21-15(24)9-31-16(25)8-22-18(26)11-3-2-4-13(23(28)29)17(11)19(22)27/h2-7H,8-9H2,1H3,(H,21,24). The first-order valence-corrected chi connectivity index (χ1v) is 9.03. The number of hydrogen-bond acceptors (Lipinski definition) is 8. The molecule has 2 aromatic carbocycles. The van der Waals surface area contributed by atoms with Crippen LogP contribution in [0.3, 0.4) is 0 Å². The maximum Gasteiger partial charge on any atom is 0.326 e. The Labute approximate surface area is 179 Å². The lowest BCUT2D eigenvalue weighted by atomic mass is 10.1. The van der Waals surface area contributed by atoms with Gasteiger partial charge >= 0.3 is 5.97 Å². The van der Waals surface area contributed by atoms with E-state index < -0.39 is 53.0 Å². The molecule has 0 saturated carbocycles. The van der Waals surface area contributed by atoms with E-state index in [-0.39, 0.29) is 11.3 Å². The number of anilines is 1. The molecule has 1 N–H and O–H groups in total. The molecule has 3 amide bonds. The van der Waals surface area contributed by atoms with E-state index in [2.05, 4.69) is 5.32 Å². The monoisotopic (exact) mass is 447 g/mol. The van der Waals surface area contributed by atoms with E-state index in [1.807, 2.05) is 0 Å². The van der Waals surface area contributed by atoms with Gasteiger partial charge in [0.1, 0.15) is 17.9 Å². The summed E-state index contributed by atoms with van der Waals surface area (Å²) < 4.78 is 9.90. The van der Waals surface area contributed by atoms with E-state index >= 15 is 0 Å². The van der Waals surface area contributed by atoms with Gasteiger partial charge in [-0.2, -0.15) is 0 Å². The molecule has 0 unspecified atom stereocenters. The van der Waals surface area contributed by atoms with Crippen LogP contribution in [0, 0.1) is 10.1 Å². The van der Waals surface area contributed by atoms with Gasteiger partial charge in [0.05, 0.1) is 23.3 Å². The molecule has 1 heterocycles. The summed E-state index contributed by atoms with van der Waals surface area (Å²) in [5, 5.41) is 13.9. The highest BCUT2D eigenvalue weighted by molar-refractivity contribution is 6.31.